The molecule has 5 heteroatoms. The number of hydrogen-bond acceptors (Lipinski definition) is 3. The van der Waals surface area contributed by atoms with E-state index in [4.69, 9.17) is 4.52 Å². The molecule has 0 aromatic heterocycles. The fourth-order valence-electron chi connectivity index (χ4n) is 0.481. The van der Waals surface area contributed by atoms with Crippen LogP contribution in [-0.4, -0.2) is 39.4 Å². The largest absolute Gasteiger partial charge is 0.328 e. The molecule has 0 heterocycles. The molecule has 0 rings (SSSR count). The maximum atomic E-state index is 11.1. The Morgan fingerprint density at radius 1 is 1.09 bits per heavy atom. The minimum Gasteiger partial charge on any atom is -0.328 e. The zero-order valence-electron chi connectivity index (χ0n) is 7.53. The van der Waals surface area contributed by atoms with Crippen LogP contribution in [0.3, 0.4) is 0 Å². The van der Waals surface area contributed by atoms with Crippen LogP contribution in [0.4, 0.5) is 0 Å². The van der Waals surface area contributed by atoms with Gasteiger partial charge in [0.1, 0.15) is 0 Å². The monoisotopic (exact) mass is 198 g/mol. The van der Waals surface area contributed by atoms with Crippen LogP contribution in [0.5, 0.6) is 0 Å². The molecule has 0 atom stereocenters. The Balaban J connectivity index is 3.61. The molecule has 0 saturated heterocycles. The molecule has 0 aliphatic rings. The average Bonchev–Trinajstić information content (AvgIpc) is 1.55. The van der Waals surface area contributed by atoms with Gasteiger partial charge in [-0.15, -0.1) is 0 Å². The molecule has 0 N–H and O–H groups in total. The third-order valence-corrected chi connectivity index (χ3v) is 3.10. The van der Waals surface area contributed by atoms with Gasteiger partial charge in [0, 0.05) is 19.5 Å². The van der Waals surface area contributed by atoms with Crippen LogP contribution in [0.2, 0.25) is 0 Å². The second-order valence-corrected chi connectivity index (χ2v) is 9.74. The second kappa shape index (κ2) is 3.89. The van der Waals surface area contributed by atoms with E-state index in [1.165, 1.54) is 0 Å². The zero-order chi connectivity index (χ0) is 9.12. The first kappa shape index (κ1) is 11.4. The third-order valence-electron chi connectivity index (χ3n) is 1.03. The van der Waals surface area contributed by atoms with E-state index in [2.05, 4.69) is 0 Å². The van der Waals surface area contributed by atoms with Gasteiger partial charge in [-0.1, -0.05) is 0 Å². The average molecular weight is 198 g/mol. The maximum Gasteiger partial charge on any atom is 0.197 e. The Kier molecular flexibility index (Phi) is 4.04. The minimum absolute atomic E-state index is 0.342. The molecule has 0 aliphatic heterocycles. The van der Waals surface area contributed by atoms with Gasteiger partial charge in [-0.3, -0.25) is 4.57 Å². The number of rotatable bonds is 4. The van der Waals surface area contributed by atoms with Gasteiger partial charge in [0.15, 0.2) is 7.37 Å². The summed E-state index contributed by atoms with van der Waals surface area (Å²) in [6, 6.07) is 0. The Morgan fingerprint density at radius 2 is 1.55 bits per heavy atom. The molecule has 0 aromatic rings. The second-order valence-electron chi connectivity index (χ2n) is 3.38. The van der Waals surface area contributed by atoms with E-state index in [-0.39, 0.29) is 0 Å². The molecule has 0 spiro atoms. The third kappa shape index (κ3) is 10.4. The summed E-state index contributed by atoms with van der Waals surface area (Å²) in [6.07, 6.45) is 0.513. The summed E-state index contributed by atoms with van der Waals surface area (Å²) in [5, 5.41) is 0. The smallest absolute Gasteiger partial charge is 0.197 e. The van der Waals surface area contributed by atoms with Crippen LogP contribution in [0.1, 0.15) is 0 Å². The highest BCUT2D eigenvalue weighted by Gasteiger charge is 2.10. The summed E-state index contributed by atoms with van der Waals surface area (Å²) in [5.41, 5.74) is 0. The van der Waals surface area contributed by atoms with Crippen molar-refractivity contribution in [2.45, 2.75) is 0 Å². The molecule has 0 aromatic carbocycles. The molecule has 11 heavy (non-hydrogen) atoms. The molecule has 0 radical (unpaired) electrons. The van der Waals surface area contributed by atoms with Crippen molar-refractivity contribution < 1.29 is 13.7 Å². The van der Waals surface area contributed by atoms with E-state index in [0.29, 0.717) is 12.8 Å². The van der Waals surface area contributed by atoms with E-state index in [9.17, 15) is 9.13 Å². The van der Waals surface area contributed by atoms with Gasteiger partial charge in [0.2, 0.25) is 0 Å². The molecular weight excluding hydrogens is 182 g/mol. The van der Waals surface area contributed by atoms with Crippen molar-refractivity contribution in [3.05, 3.63) is 0 Å². The highest BCUT2D eigenvalue weighted by Crippen LogP contribution is 2.40. The predicted molar refractivity (Wildman–Crippen MR) is 49.7 cm³/mol. The lowest BCUT2D eigenvalue weighted by Crippen LogP contribution is -1.97. The predicted octanol–water partition coefficient (Wildman–Crippen LogP) is 2.16. The lowest BCUT2D eigenvalue weighted by Gasteiger charge is -2.09. The van der Waals surface area contributed by atoms with Crippen molar-refractivity contribution >= 4 is 14.5 Å². The highest BCUT2D eigenvalue weighted by molar-refractivity contribution is 7.62. The highest BCUT2D eigenvalue weighted by atomic mass is 31.2. The lowest BCUT2D eigenvalue weighted by atomic mass is 10.9. The van der Waals surface area contributed by atoms with E-state index in [0.717, 1.165) is 0 Å². The van der Waals surface area contributed by atoms with Gasteiger partial charge in [-0.25, -0.2) is 0 Å². The lowest BCUT2D eigenvalue weighted by molar-refractivity contribution is 0.342. The van der Waals surface area contributed by atoms with Crippen molar-refractivity contribution in [2.75, 3.05) is 39.4 Å². The molecule has 0 amide bonds. The van der Waals surface area contributed by atoms with Gasteiger partial charge in [0.25, 0.3) is 0 Å². The summed E-state index contributed by atoms with van der Waals surface area (Å²) in [4.78, 5) is 0. The Hall–Kier alpha value is 0.420. The normalized spacial score (nSPS) is 13.5. The summed E-state index contributed by atoms with van der Waals surface area (Å²) in [7, 11) is -4.37. The van der Waals surface area contributed by atoms with Crippen molar-refractivity contribution in [1.82, 2.24) is 0 Å². The minimum atomic E-state index is -2.37. The van der Waals surface area contributed by atoms with E-state index < -0.39 is 14.5 Å². The van der Waals surface area contributed by atoms with Gasteiger partial charge in [0.05, 0.1) is 13.7 Å². The first-order chi connectivity index (χ1) is 4.71. The van der Waals surface area contributed by atoms with E-state index in [1.54, 1.807) is 26.7 Å². The summed E-state index contributed by atoms with van der Waals surface area (Å²) in [5.74, 6) is 0. The number of hydrogen-bond donors (Lipinski definition) is 0. The fraction of sp³-hybridized carbons (Fsp3) is 1.00. The fourth-order valence-corrected chi connectivity index (χ4v) is 1.69. The van der Waals surface area contributed by atoms with Gasteiger partial charge in [-0.2, -0.15) is 0 Å². The molecular formula is C6H16O3P2. The summed E-state index contributed by atoms with van der Waals surface area (Å²) < 4.78 is 27.1. The molecule has 0 aliphatic carbocycles. The summed E-state index contributed by atoms with van der Waals surface area (Å²) in [6.45, 7) is 6.86. The first-order valence-electron chi connectivity index (χ1n) is 3.44. The molecule has 3 nitrogen and oxygen atoms in total. The van der Waals surface area contributed by atoms with Crippen molar-refractivity contribution in [2.24, 2.45) is 0 Å². The quantitative estimate of drug-likeness (QED) is 0.650. The van der Waals surface area contributed by atoms with Crippen LogP contribution in [0, 0.1) is 0 Å². The van der Waals surface area contributed by atoms with E-state index in [1.807, 2.05) is 0 Å². The van der Waals surface area contributed by atoms with Crippen LogP contribution in [0.25, 0.3) is 0 Å². The van der Waals surface area contributed by atoms with Gasteiger partial charge < -0.3 is 9.09 Å². The van der Waals surface area contributed by atoms with Crippen LogP contribution < -0.4 is 0 Å². The van der Waals surface area contributed by atoms with Gasteiger partial charge in [-0.05, 0) is 13.3 Å². The van der Waals surface area contributed by atoms with Crippen molar-refractivity contribution in [3.8, 4) is 0 Å². The SMILES string of the molecule is CP(C)(=O)CCOP(C)(C)=O. The molecule has 0 saturated carbocycles. The summed E-state index contributed by atoms with van der Waals surface area (Å²) >= 11 is 0. The molecule has 0 bridgehead atoms. The van der Waals surface area contributed by atoms with E-state index >= 15 is 0 Å². The first-order valence-corrected chi connectivity index (χ1v) is 8.75. The Morgan fingerprint density at radius 3 is 1.82 bits per heavy atom. The zero-order valence-corrected chi connectivity index (χ0v) is 9.32. The maximum absolute atomic E-state index is 11.1. The van der Waals surface area contributed by atoms with Gasteiger partial charge >= 0.3 is 0 Å². The topological polar surface area (TPSA) is 43.4 Å². The van der Waals surface area contributed by atoms with Crippen molar-refractivity contribution in [3.63, 3.8) is 0 Å². The Bertz CT molecular complexity index is 178. The molecule has 0 unspecified atom stereocenters. The van der Waals surface area contributed by atoms with Crippen LogP contribution >= 0.6 is 14.5 Å². The molecule has 0 fully saturated rings. The molecule has 68 valence electrons. The van der Waals surface area contributed by atoms with Crippen molar-refractivity contribution in [1.29, 1.82) is 0 Å². The standard InChI is InChI=1S/C6H16O3P2/c1-10(2,7)6-5-9-11(3,4)8/h5-6H2,1-4H3. The Labute approximate surface area is 68.3 Å². The van der Waals surface area contributed by atoms with Crippen LogP contribution in [0.15, 0.2) is 0 Å². The van der Waals surface area contributed by atoms with Crippen LogP contribution in [-0.2, 0) is 13.7 Å².